The number of halogens is 1. The number of carboxylic acid groups (broad SMARTS) is 1. The van der Waals surface area contributed by atoms with Crippen molar-refractivity contribution in [1.82, 2.24) is 0 Å². The molecule has 0 radical (unpaired) electrons. The minimum absolute atomic E-state index is 0.325. The standard InChI is InChI=1S/C14H13BrN2O3/c15-9-4-5-12(8(6-9)7-16)17-13(18)10-2-1-3-11(10)14(19)20/h4-6,10-11H,1-3H2,(H,17,18)(H,19,20). The first-order valence-corrected chi connectivity index (χ1v) is 7.05. The van der Waals surface area contributed by atoms with Gasteiger partial charge in [0.2, 0.25) is 5.91 Å². The molecule has 0 spiro atoms. The fraction of sp³-hybridized carbons (Fsp3) is 0.357. The summed E-state index contributed by atoms with van der Waals surface area (Å²) in [6.45, 7) is 0. The lowest BCUT2D eigenvalue weighted by Crippen LogP contribution is -2.30. The van der Waals surface area contributed by atoms with Crippen LogP contribution in [0.3, 0.4) is 0 Å². The highest BCUT2D eigenvalue weighted by molar-refractivity contribution is 9.10. The van der Waals surface area contributed by atoms with Gasteiger partial charge >= 0.3 is 5.97 Å². The van der Waals surface area contributed by atoms with E-state index in [1.54, 1.807) is 18.2 Å². The number of aliphatic carboxylic acids is 1. The molecule has 0 heterocycles. The summed E-state index contributed by atoms with van der Waals surface area (Å²) in [7, 11) is 0. The zero-order chi connectivity index (χ0) is 14.7. The van der Waals surface area contributed by atoms with E-state index in [2.05, 4.69) is 21.2 Å². The Morgan fingerprint density at radius 1 is 1.35 bits per heavy atom. The molecule has 0 bridgehead atoms. The third kappa shape index (κ3) is 2.99. The second-order valence-corrected chi connectivity index (χ2v) is 5.69. The first kappa shape index (κ1) is 14.5. The second-order valence-electron chi connectivity index (χ2n) is 4.77. The van der Waals surface area contributed by atoms with E-state index in [9.17, 15) is 9.59 Å². The summed E-state index contributed by atoms with van der Waals surface area (Å²) < 4.78 is 0.747. The van der Waals surface area contributed by atoms with Gasteiger partial charge in [0.05, 0.1) is 23.1 Å². The van der Waals surface area contributed by atoms with Crippen molar-refractivity contribution >= 4 is 33.5 Å². The molecule has 1 aromatic carbocycles. The topological polar surface area (TPSA) is 90.2 Å². The average molecular weight is 337 g/mol. The third-order valence-corrected chi connectivity index (χ3v) is 4.02. The molecule has 2 unspecified atom stereocenters. The van der Waals surface area contributed by atoms with Crippen molar-refractivity contribution in [3.8, 4) is 6.07 Å². The van der Waals surface area contributed by atoms with Crippen LogP contribution in [0.25, 0.3) is 0 Å². The highest BCUT2D eigenvalue weighted by Crippen LogP contribution is 2.33. The number of anilines is 1. The lowest BCUT2D eigenvalue weighted by atomic mass is 9.95. The number of hydrogen-bond acceptors (Lipinski definition) is 3. The van der Waals surface area contributed by atoms with Gasteiger partial charge in [0.25, 0.3) is 0 Å². The molecule has 5 nitrogen and oxygen atoms in total. The fourth-order valence-corrected chi connectivity index (χ4v) is 2.87. The predicted octanol–water partition coefficient (Wildman–Crippen LogP) is 2.76. The van der Waals surface area contributed by atoms with Crippen LogP contribution >= 0.6 is 15.9 Å². The molecule has 2 N–H and O–H groups in total. The van der Waals surface area contributed by atoms with Gasteiger partial charge in [-0.2, -0.15) is 5.26 Å². The van der Waals surface area contributed by atoms with E-state index in [1.165, 1.54) is 0 Å². The molecule has 2 atom stereocenters. The Kier molecular flexibility index (Phi) is 4.40. The SMILES string of the molecule is N#Cc1cc(Br)ccc1NC(=O)C1CCCC1C(=O)O. The smallest absolute Gasteiger partial charge is 0.307 e. The molecule has 6 heteroatoms. The maximum atomic E-state index is 12.2. The Morgan fingerprint density at radius 3 is 2.70 bits per heavy atom. The highest BCUT2D eigenvalue weighted by atomic mass is 79.9. The van der Waals surface area contributed by atoms with Crippen molar-refractivity contribution in [2.75, 3.05) is 5.32 Å². The monoisotopic (exact) mass is 336 g/mol. The minimum atomic E-state index is -0.932. The van der Waals surface area contributed by atoms with E-state index < -0.39 is 17.8 Å². The number of carbonyl (C=O) groups is 2. The van der Waals surface area contributed by atoms with Gasteiger partial charge < -0.3 is 10.4 Å². The molecule has 1 aliphatic rings. The van der Waals surface area contributed by atoms with Crippen LogP contribution in [0.4, 0.5) is 5.69 Å². The molecule has 1 fully saturated rings. The van der Waals surface area contributed by atoms with Gasteiger partial charge in [0.1, 0.15) is 6.07 Å². The zero-order valence-electron chi connectivity index (χ0n) is 10.6. The molecule has 1 saturated carbocycles. The number of nitriles is 1. The van der Waals surface area contributed by atoms with Crippen LogP contribution in [0.15, 0.2) is 22.7 Å². The number of carboxylic acids is 1. The van der Waals surface area contributed by atoms with Crippen LogP contribution in [0, 0.1) is 23.2 Å². The summed E-state index contributed by atoms with van der Waals surface area (Å²) in [4.78, 5) is 23.3. The van der Waals surface area contributed by atoms with E-state index >= 15 is 0 Å². The van der Waals surface area contributed by atoms with Gasteiger partial charge in [0, 0.05) is 4.47 Å². The second kappa shape index (κ2) is 6.06. The Balaban J connectivity index is 2.16. The molecule has 2 rings (SSSR count). The average Bonchev–Trinajstić information content (AvgIpc) is 2.90. The maximum Gasteiger partial charge on any atom is 0.307 e. The normalized spacial score (nSPS) is 21.2. The van der Waals surface area contributed by atoms with Crippen molar-refractivity contribution < 1.29 is 14.7 Å². The van der Waals surface area contributed by atoms with E-state index in [4.69, 9.17) is 10.4 Å². The van der Waals surface area contributed by atoms with Crippen LogP contribution in [0.5, 0.6) is 0 Å². The quantitative estimate of drug-likeness (QED) is 0.887. The summed E-state index contributed by atoms with van der Waals surface area (Å²) in [5, 5.41) is 20.8. The van der Waals surface area contributed by atoms with Crippen molar-refractivity contribution in [3.05, 3.63) is 28.2 Å². The molecule has 0 saturated heterocycles. The van der Waals surface area contributed by atoms with Crippen LogP contribution in [0.2, 0.25) is 0 Å². The molecular formula is C14H13BrN2O3. The van der Waals surface area contributed by atoms with Crippen LogP contribution in [0.1, 0.15) is 24.8 Å². The summed E-state index contributed by atoms with van der Waals surface area (Å²) in [5.41, 5.74) is 0.759. The number of rotatable bonds is 3. The Hall–Kier alpha value is -1.87. The maximum absolute atomic E-state index is 12.2. The molecule has 1 amide bonds. The fourth-order valence-electron chi connectivity index (χ4n) is 2.51. The number of nitrogens with one attached hydrogen (secondary N) is 1. The number of nitrogens with zero attached hydrogens (tertiary/aromatic N) is 1. The summed E-state index contributed by atoms with van der Waals surface area (Å²) in [6.07, 6.45) is 1.83. The molecule has 0 aliphatic heterocycles. The van der Waals surface area contributed by atoms with E-state index in [0.717, 1.165) is 10.9 Å². The van der Waals surface area contributed by atoms with E-state index in [-0.39, 0.29) is 5.91 Å². The van der Waals surface area contributed by atoms with Gasteiger partial charge in [-0.25, -0.2) is 0 Å². The molecule has 0 aromatic heterocycles. The first-order chi connectivity index (χ1) is 9.52. The number of hydrogen-bond donors (Lipinski definition) is 2. The van der Waals surface area contributed by atoms with Crippen molar-refractivity contribution in [2.45, 2.75) is 19.3 Å². The van der Waals surface area contributed by atoms with Crippen LogP contribution in [-0.2, 0) is 9.59 Å². The van der Waals surface area contributed by atoms with E-state index in [1.807, 2.05) is 6.07 Å². The largest absolute Gasteiger partial charge is 0.481 e. The van der Waals surface area contributed by atoms with E-state index in [0.29, 0.717) is 24.1 Å². The Morgan fingerprint density at radius 2 is 2.05 bits per heavy atom. The lowest BCUT2D eigenvalue weighted by molar-refractivity contribution is -0.145. The zero-order valence-corrected chi connectivity index (χ0v) is 12.2. The number of carbonyl (C=O) groups excluding carboxylic acids is 1. The third-order valence-electron chi connectivity index (χ3n) is 3.53. The molecule has 1 aliphatic carbocycles. The van der Waals surface area contributed by atoms with Gasteiger partial charge in [-0.05, 0) is 31.0 Å². The van der Waals surface area contributed by atoms with Gasteiger partial charge in [0.15, 0.2) is 0 Å². The number of benzene rings is 1. The molecule has 1 aromatic rings. The molecule has 104 valence electrons. The van der Waals surface area contributed by atoms with Crippen LogP contribution < -0.4 is 5.32 Å². The highest BCUT2D eigenvalue weighted by Gasteiger charge is 2.37. The predicted molar refractivity (Wildman–Crippen MR) is 76.0 cm³/mol. The Labute approximate surface area is 124 Å². The summed E-state index contributed by atoms with van der Waals surface area (Å²) in [5.74, 6) is -2.41. The minimum Gasteiger partial charge on any atom is -0.481 e. The number of amides is 1. The summed E-state index contributed by atoms with van der Waals surface area (Å²) >= 11 is 3.26. The Bertz CT molecular complexity index is 595. The first-order valence-electron chi connectivity index (χ1n) is 6.26. The van der Waals surface area contributed by atoms with Crippen LogP contribution in [-0.4, -0.2) is 17.0 Å². The van der Waals surface area contributed by atoms with Gasteiger partial charge in [-0.1, -0.05) is 22.4 Å². The van der Waals surface area contributed by atoms with Crippen molar-refractivity contribution in [3.63, 3.8) is 0 Å². The van der Waals surface area contributed by atoms with Gasteiger partial charge in [-0.15, -0.1) is 0 Å². The molecule has 20 heavy (non-hydrogen) atoms. The van der Waals surface area contributed by atoms with Crippen molar-refractivity contribution in [2.24, 2.45) is 11.8 Å². The lowest BCUT2D eigenvalue weighted by Gasteiger charge is -2.16. The van der Waals surface area contributed by atoms with Gasteiger partial charge in [-0.3, -0.25) is 9.59 Å². The van der Waals surface area contributed by atoms with Crippen molar-refractivity contribution in [1.29, 1.82) is 5.26 Å². The summed E-state index contributed by atoms with van der Waals surface area (Å²) in [6, 6.07) is 6.97. The molecular weight excluding hydrogens is 324 g/mol.